The van der Waals surface area contributed by atoms with Crippen molar-refractivity contribution in [1.82, 2.24) is 10.2 Å². The standard InChI is InChI=1S/C14H24N2O3/c1-8-4-5-12(9(8)2)15-14(19)16-6-11(7-16)10(3)13(17)18/h8-12H,4-7H2,1-3H3,(H,15,19)(H,17,18). The molecule has 2 N–H and O–H groups in total. The van der Waals surface area contributed by atoms with Gasteiger partial charge in [0.05, 0.1) is 5.92 Å². The number of aliphatic carboxylic acids is 1. The highest BCUT2D eigenvalue weighted by Crippen LogP contribution is 2.31. The first kappa shape index (κ1) is 14.2. The van der Waals surface area contributed by atoms with Crippen molar-refractivity contribution in [2.24, 2.45) is 23.7 Å². The Labute approximate surface area is 114 Å². The van der Waals surface area contributed by atoms with Gasteiger partial charge >= 0.3 is 12.0 Å². The summed E-state index contributed by atoms with van der Waals surface area (Å²) in [4.78, 5) is 24.6. The average Bonchev–Trinajstić information content (AvgIpc) is 2.58. The number of nitrogens with zero attached hydrogens (tertiary/aromatic N) is 1. The van der Waals surface area contributed by atoms with Crippen molar-refractivity contribution in [3.63, 3.8) is 0 Å². The fourth-order valence-corrected chi connectivity index (χ4v) is 3.01. The van der Waals surface area contributed by atoms with Crippen molar-refractivity contribution < 1.29 is 14.7 Å². The first-order valence-corrected chi connectivity index (χ1v) is 7.18. The molecule has 1 heterocycles. The lowest BCUT2D eigenvalue weighted by molar-refractivity contribution is -0.144. The molecule has 0 spiro atoms. The van der Waals surface area contributed by atoms with Crippen LogP contribution in [0.2, 0.25) is 0 Å². The summed E-state index contributed by atoms with van der Waals surface area (Å²) in [5, 5.41) is 12.0. The number of carbonyl (C=O) groups excluding carboxylic acids is 1. The number of hydrogen-bond donors (Lipinski definition) is 2. The summed E-state index contributed by atoms with van der Waals surface area (Å²) < 4.78 is 0. The van der Waals surface area contributed by atoms with Crippen molar-refractivity contribution in [1.29, 1.82) is 0 Å². The Morgan fingerprint density at radius 3 is 2.37 bits per heavy atom. The molecule has 1 saturated carbocycles. The molecule has 2 rings (SSSR count). The second-order valence-electron chi connectivity index (χ2n) is 6.26. The van der Waals surface area contributed by atoms with E-state index in [2.05, 4.69) is 19.2 Å². The molecular formula is C14H24N2O3. The van der Waals surface area contributed by atoms with E-state index in [1.807, 2.05) is 0 Å². The van der Waals surface area contributed by atoms with Crippen LogP contribution < -0.4 is 5.32 Å². The summed E-state index contributed by atoms with van der Waals surface area (Å²) in [6, 6.07) is 0.248. The summed E-state index contributed by atoms with van der Waals surface area (Å²) in [6.07, 6.45) is 2.22. The average molecular weight is 268 g/mol. The van der Waals surface area contributed by atoms with Gasteiger partial charge in [-0.3, -0.25) is 4.79 Å². The first-order valence-electron chi connectivity index (χ1n) is 7.18. The molecule has 1 saturated heterocycles. The molecule has 0 radical (unpaired) electrons. The lowest BCUT2D eigenvalue weighted by atomic mass is 9.87. The molecule has 19 heavy (non-hydrogen) atoms. The van der Waals surface area contributed by atoms with Gasteiger partial charge in [0.15, 0.2) is 0 Å². The van der Waals surface area contributed by atoms with Gasteiger partial charge in [0.2, 0.25) is 0 Å². The molecule has 0 aromatic carbocycles. The van der Waals surface area contributed by atoms with Crippen molar-refractivity contribution in [3.8, 4) is 0 Å². The van der Waals surface area contributed by atoms with Gasteiger partial charge in [-0.2, -0.15) is 0 Å². The van der Waals surface area contributed by atoms with Gasteiger partial charge in [-0.15, -0.1) is 0 Å². The number of hydrogen-bond acceptors (Lipinski definition) is 2. The fourth-order valence-electron chi connectivity index (χ4n) is 3.01. The topological polar surface area (TPSA) is 69.6 Å². The molecule has 2 amide bonds. The van der Waals surface area contributed by atoms with Crippen LogP contribution in [-0.4, -0.2) is 41.1 Å². The molecule has 5 nitrogen and oxygen atoms in total. The number of rotatable bonds is 3. The summed E-state index contributed by atoms with van der Waals surface area (Å²) in [6.45, 7) is 7.26. The van der Waals surface area contributed by atoms with Crippen LogP contribution in [0.25, 0.3) is 0 Å². The number of likely N-dealkylation sites (tertiary alicyclic amines) is 1. The minimum Gasteiger partial charge on any atom is -0.481 e. The number of carboxylic acids is 1. The van der Waals surface area contributed by atoms with Crippen LogP contribution >= 0.6 is 0 Å². The monoisotopic (exact) mass is 268 g/mol. The third kappa shape index (κ3) is 2.85. The van der Waals surface area contributed by atoms with Gasteiger partial charge in [-0.05, 0) is 24.7 Å². The molecule has 5 heteroatoms. The van der Waals surface area contributed by atoms with Crippen LogP contribution in [0, 0.1) is 23.7 Å². The molecule has 0 aromatic rings. The molecule has 108 valence electrons. The Kier molecular flexibility index (Phi) is 4.02. The number of urea groups is 1. The SMILES string of the molecule is CC1CCC(NC(=O)N2CC(C(C)C(=O)O)C2)C1C. The van der Waals surface area contributed by atoms with Crippen molar-refractivity contribution >= 4 is 12.0 Å². The van der Waals surface area contributed by atoms with E-state index in [0.717, 1.165) is 6.42 Å². The highest BCUT2D eigenvalue weighted by Gasteiger charge is 2.39. The van der Waals surface area contributed by atoms with Crippen LogP contribution in [-0.2, 0) is 4.79 Å². The largest absolute Gasteiger partial charge is 0.481 e. The van der Waals surface area contributed by atoms with Crippen molar-refractivity contribution in [2.75, 3.05) is 13.1 Å². The Balaban J connectivity index is 1.76. The fraction of sp³-hybridized carbons (Fsp3) is 0.857. The van der Waals surface area contributed by atoms with E-state index in [1.165, 1.54) is 6.42 Å². The summed E-state index contributed by atoms with van der Waals surface area (Å²) >= 11 is 0. The lowest BCUT2D eigenvalue weighted by Gasteiger charge is -2.41. The Bertz CT molecular complexity index is 366. The van der Waals surface area contributed by atoms with Crippen molar-refractivity contribution in [2.45, 2.75) is 39.7 Å². The van der Waals surface area contributed by atoms with Crippen LogP contribution in [0.4, 0.5) is 4.79 Å². The summed E-state index contributed by atoms with van der Waals surface area (Å²) in [5.41, 5.74) is 0. The minimum absolute atomic E-state index is 0.0280. The number of nitrogens with one attached hydrogen (secondary N) is 1. The molecule has 1 aliphatic heterocycles. The van der Waals surface area contributed by atoms with Gasteiger partial charge in [-0.1, -0.05) is 20.8 Å². The molecule has 4 unspecified atom stereocenters. The number of amides is 2. The molecule has 4 atom stereocenters. The highest BCUT2D eigenvalue weighted by molar-refractivity contribution is 5.76. The smallest absolute Gasteiger partial charge is 0.317 e. The zero-order valence-corrected chi connectivity index (χ0v) is 11.9. The lowest BCUT2D eigenvalue weighted by Crippen LogP contribution is -2.58. The predicted molar refractivity (Wildman–Crippen MR) is 71.7 cm³/mol. The maximum atomic E-state index is 12.0. The maximum absolute atomic E-state index is 12.0. The predicted octanol–water partition coefficient (Wildman–Crippen LogP) is 1.78. The van der Waals surface area contributed by atoms with Gasteiger partial charge in [0.1, 0.15) is 0 Å². The van der Waals surface area contributed by atoms with E-state index in [9.17, 15) is 9.59 Å². The Hall–Kier alpha value is -1.26. The van der Waals surface area contributed by atoms with Gasteiger partial charge in [0.25, 0.3) is 0 Å². The zero-order chi connectivity index (χ0) is 14.2. The molecular weight excluding hydrogens is 244 g/mol. The van der Waals surface area contributed by atoms with Gasteiger partial charge in [-0.25, -0.2) is 4.79 Å². The van der Waals surface area contributed by atoms with Crippen LogP contribution in [0.15, 0.2) is 0 Å². The first-order chi connectivity index (χ1) is 8.90. The second kappa shape index (κ2) is 5.39. The third-order valence-corrected chi connectivity index (χ3v) is 5.07. The third-order valence-electron chi connectivity index (χ3n) is 5.07. The Morgan fingerprint density at radius 2 is 1.89 bits per heavy atom. The molecule has 0 bridgehead atoms. The van der Waals surface area contributed by atoms with Crippen LogP contribution in [0.3, 0.4) is 0 Å². The highest BCUT2D eigenvalue weighted by atomic mass is 16.4. The van der Waals surface area contributed by atoms with Gasteiger partial charge < -0.3 is 15.3 Å². The number of carboxylic acid groups (broad SMARTS) is 1. The van der Waals surface area contributed by atoms with E-state index in [0.29, 0.717) is 24.9 Å². The summed E-state index contributed by atoms with van der Waals surface area (Å²) in [7, 11) is 0. The summed E-state index contributed by atoms with van der Waals surface area (Å²) in [5.74, 6) is 0.154. The molecule has 2 fully saturated rings. The molecule has 0 aromatic heterocycles. The maximum Gasteiger partial charge on any atom is 0.317 e. The van der Waals surface area contributed by atoms with Crippen LogP contribution in [0.5, 0.6) is 0 Å². The normalized spacial score (nSPS) is 32.8. The van der Waals surface area contributed by atoms with Crippen molar-refractivity contribution in [3.05, 3.63) is 0 Å². The van der Waals surface area contributed by atoms with Crippen LogP contribution in [0.1, 0.15) is 33.6 Å². The molecule has 1 aliphatic carbocycles. The van der Waals surface area contributed by atoms with E-state index in [1.54, 1.807) is 11.8 Å². The van der Waals surface area contributed by atoms with E-state index in [-0.39, 0.29) is 23.9 Å². The number of carbonyl (C=O) groups is 2. The van der Waals surface area contributed by atoms with Gasteiger partial charge in [0, 0.05) is 25.0 Å². The van der Waals surface area contributed by atoms with E-state index >= 15 is 0 Å². The van der Waals surface area contributed by atoms with E-state index in [4.69, 9.17) is 5.11 Å². The van der Waals surface area contributed by atoms with E-state index < -0.39 is 5.97 Å². The Morgan fingerprint density at radius 1 is 1.26 bits per heavy atom. The second-order valence-corrected chi connectivity index (χ2v) is 6.26. The zero-order valence-electron chi connectivity index (χ0n) is 11.9. The quantitative estimate of drug-likeness (QED) is 0.819. The minimum atomic E-state index is -0.775. The molecule has 2 aliphatic rings.